The van der Waals surface area contributed by atoms with Gasteiger partial charge in [0.25, 0.3) is 10.1 Å². The van der Waals surface area contributed by atoms with Crippen LogP contribution in [0, 0.1) is 0 Å². The SMILES string of the molecule is CCCCCCCCCCCCCCCCCC(N)OS(C)(=O)=O. The maximum Gasteiger partial charge on any atom is 0.265 e. The summed E-state index contributed by atoms with van der Waals surface area (Å²) in [4.78, 5) is 0. The van der Waals surface area contributed by atoms with Crippen LogP contribution in [0.5, 0.6) is 0 Å². The normalized spacial score (nSPS) is 13.3. The lowest BCUT2D eigenvalue weighted by atomic mass is 10.0. The van der Waals surface area contributed by atoms with Gasteiger partial charge >= 0.3 is 0 Å². The quantitative estimate of drug-likeness (QED) is 0.198. The number of hydrogen-bond acceptors (Lipinski definition) is 4. The second-order valence-corrected chi connectivity index (χ2v) is 8.68. The Morgan fingerprint density at radius 3 is 1.38 bits per heavy atom. The molecule has 1 atom stereocenters. The largest absolute Gasteiger partial charge is 0.305 e. The summed E-state index contributed by atoms with van der Waals surface area (Å²) in [6.45, 7) is 2.27. The molecule has 0 aliphatic carbocycles. The van der Waals surface area contributed by atoms with E-state index in [1.54, 1.807) is 0 Å². The second kappa shape index (κ2) is 16.3. The predicted octanol–water partition coefficient (Wildman–Crippen LogP) is 5.51. The zero-order valence-electron chi connectivity index (χ0n) is 16.1. The first-order valence-corrected chi connectivity index (χ1v) is 11.9. The van der Waals surface area contributed by atoms with Crippen LogP contribution >= 0.6 is 0 Å². The van der Waals surface area contributed by atoms with Crippen molar-refractivity contribution < 1.29 is 12.6 Å². The number of rotatable bonds is 18. The number of nitrogens with two attached hydrogens (primary N) is 1. The molecule has 0 aromatic carbocycles. The molecule has 0 aromatic heterocycles. The molecule has 2 N–H and O–H groups in total. The van der Waals surface area contributed by atoms with Gasteiger partial charge in [-0.2, -0.15) is 8.42 Å². The zero-order chi connectivity index (χ0) is 18.1. The molecule has 0 fully saturated rings. The van der Waals surface area contributed by atoms with Crippen molar-refractivity contribution in [2.45, 2.75) is 116 Å². The fraction of sp³-hybridized carbons (Fsp3) is 1.00. The third-order valence-electron chi connectivity index (χ3n) is 4.39. The smallest absolute Gasteiger partial charge is 0.265 e. The summed E-state index contributed by atoms with van der Waals surface area (Å²) in [6.07, 6.45) is 20.8. The van der Waals surface area contributed by atoms with E-state index in [-0.39, 0.29) is 0 Å². The van der Waals surface area contributed by atoms with Crippen LogP contribution in [-0.2, 0) is 14.3 Å². The molecule has 0 spiro atoms. The molecule has 0 radical (unpaired) electrons. The summed E-state index contributed by atoms with van der Waals surface area (Å²) in [5, 5.41) is 0. The lowest BCUT2D eigenvalue weighted by molar-refractivity contribution is 0.204. The highest BCUT2D eigenvalue weighted by atomic mass is 32.2. The summed E-state index contributed by atoms with van der Waals surface area (Å²) in [6, 6.07) is 0. The van der Waals surface area contributed by atoms with Crippen LogP contribution in [-0.4, -0.2) is 20.9 Å². The van der Waals surface area contributed by atoms with Crippen LogP contribution in [0.2, 0.25) is 0 Å². The fourth-order valence-electron chi connectivity index (χ4n) is 2.99. The van der Waals surface area contributed by atoms with Crippen LogP contribution in [0.3, 0.4) is 0 Å². The first-order valence-electron chi connectivity index (χ1n) is 10.1. The van der Waals surface area contributed by atoms with Gasteiger partial charge in [0.05, 0.1) is 6.26 Å². The summed E-state index contributed by atoms with van der Waals surface area (Å²) in [5.74, 6) is 0. The summed E-state index contributed by atoms with van der Waals surface area (Å²) < 4.78 is 26.5. The highest BCUT2D eigenvalue weighted by molar-refractivity contribution is 7.86. The van der Waals surface area contributed by atoms with Crippen LogP contribution in [0.1, 0.15) is 110 Å². The Kier molecular flexibility index (Phi) is 16.3. The molecular formula is C19H41NO3S. The van der Waals surface area contributed by atoms with Crippen LogP contribution in [0.4, 0.5) is 0 Å². The number of hydrogen-bond donors (Lipinski definition) is 1. The Hall–Kier alpha value is -0.130. The number of unbranched alkanes of at least 4 members (excludes halogenated alkanes) is 14. The monoisotopic (exact) mass is 363 g/mol. The predicted molar refractivity (Wildman–Crippen MR) is 103 cm³/mol. The zero-order valence-corrected chi connectivity index (χ0v) is 16.9. The third-order valence-corrected chi connectivity index (χ3v) is 4.99. The Morgan fingerprint density at radius 1 is 0.708 bits per heavy atom. The second-order valence-electron chi connectivity index (χ2n) is 7.08. The van der Waals surface area contributed by atoms with Gasteiger partial charge < -0.3 is 5.73 Å². The molecule has 0 saturated carbocycles. The minimum Gasteiger partial charge on any atom is -0.305 e. The van der Waals surface area contributed by atoms with E-state index in [9.17, 15) is 8.42 Å². The van der Waals surface area contributed by atoms with Gasteiger partial charge in [0.15, 0.2) is 0 Å². The van der Waals surface area contributed by atoms with Crippen LogP contribution in [0.15, 0.2) is 0 Å². The molecule has 0 aromatic rings. The molecule has 5 heteroatoms. The van der Waals surface area contributed by atoms with Crippen molar-refractivity contribution in [2.75, 3.05) is 6.26 Å². The Labute approximate surface area is 151 Å². The molecule has 0 amide bonds. The fourth-order valence-corrected chi connectivity index (χ4v) is 3.53. The molecule has 0 aliphatic rings. The summed E-state index contributed by atoms with van der Waals surface area (Å²) >= 11 is 0. The highest BCUT2D eigenvalue weighted by Gasteiger charge is 2.09. The van der Waals surface area contributed by atoms with E-state index in [0.29, 0.717) is 6.42 Å². The van der Waals surface area contributed by atoms with E-state index in [1.807, 2.05) is 0 Å². The Balaban J connectivity index is 3.15. The van der Waals surface area contributed by atoms with E-state index >= 15 is 0 Å². The third kappa shape index (κ3) is 19.9. The van der Waals surface area contributed by atoms with Crippen molar-refractivity contribution in [3.63, 3.8) is 0 Å². The maximum absolute atomic E-state index is 10.9. The van der Waals surface area contributed by atoms with Crippen molar-refractivity contribution in [3.8, 4) is 0 Å². The Bertz CT molecular complexity index is 358. The van der Waals surface area contributed by atoms with Crippen molar-refractivity contribution >= 4 is 10.1 Å². The van der Waals surface area contributed by atoms with Gasteiger partial charge in [-0.1, -0.05) is 96.8 Å². The van der Waals surface area contributed by atoms with Gasteiger partial charge in [0, 0.05) is 0 Å². The molecule has 4 nitrogen and oxygen atoms in total. The minimum absolute atomic E-state index is 0.616. The lowest BCUT2D eigenvalue weighted by Crippen LogP contribution is -2.26. The first kappa shape index (κ1) is 23.9. The molecule has 0 bridgehead atoms. The van der Waals surface area contributed by atoms with Gasteiger partial charge in [-0.15, -0.1) is 0 Å². The highest BCUT2D eigenvalue weighted by Crippen LogP contribution is 2.14. The molecule has 0 saturated heterocycles. The van der Waals surface area contributed by atoms with Gasteiger partial charge in [0.2, 0.25) is 0 Å². The molecule has 146 valence electrons. The minimum atomic E-state index is -3.42. The average molecular weight is 364 g/mol. The van der Waals surface area contributed by atoms with E-state index in [1.165, 1.54) is 83.5 Å². The van der Waals surface area contributed by atoms with Crippen molar-refractivity contribution in [1.82, 2.24) is 0 Å². The molecule has 1 unspecified atom stereocenters. The molecule has 0 rings (SSSR count). The molecule has 24 heavy (non-hydrogen) atoms. The lowest BCUT2D eigenvalue weighted by Gasteiger charge is -2.10. The van der Waals surface area contributed by atoms with Crippen molar-refractivity contribution in [3.05, 3.63) is 0 Å². The molecular weight excluding hydrogens is 322 g/mol. The van der Waals surface area contributed by atoms with Gasteiger partial charge in [-0.25, -0.2) is 0 Å². The molecule has 0 heterocycles. The van der Waals surface area contributed by atoms with Gasteiger partial charge in [-0.3, -0.25) is 4.18 Å². The van der Waals surface area contributed by atoms with Crippen molar-refractivity contribution in [2.24, 2.45) is 5.73 Å². The van der Waals surface area contributed by atoms with Gasteiger partial charge in [-0.05, 0) is 12.8 Å². The maximum atomic E-state index is 10.9. The standard InChI is InChI=1S/C19H41NO3S/c1-3-4-5-6-7-8-9-10-11-12-13-14-15-16-17-18-19(20)23-24(2,21)22/h19H,3-18,20H2,1-2H3. The van der Waals surface area contributed by atoms with Crippen LogP contribution in [0.25, 0.3) is 0 Å². The van der Waals surface area contributed by atoms with E-state index in [4.69, 9.17) is 9.92 Å². The van der Waals surface area contributed by atoms with E-state index in [0.717, 1.165) is 19.1 Å². The average Bonchev–Trinajstić information content (AvgIpc) is 2.49. The van der Waals surface area contributed by atoms with Crippen molar-refractivity contribution in [1.29, 1.82) is 0 Å². The summed E-state index contributed by atoms with van der Waals surface area (Å²) in [7, 11) is -3.42. The Morgan fingerprint density at radius 2 is 1.04 bits per heavy atom. The van der Waals surface area contributed by atoms with E-state index < -0.39 is 16.3 Å². The first-order chi connectivity index (χ1) is 11.5. The summed E-state index contributed by atoms with van der Waals surface area (Å²) in [5.41, 5.74) is 5.61. The van der Waals surface area contributed by atoms with E-state index in [2.05, 4.69) is 6.92 Å². The molecule has 0 aliphatic heterocycles. The topological polar surface area (TPSA) is 69.4 Å². The van der Waals surface area contributed by atoms with Gasteiger partial charge in [0.1, 0.15) is 6.23 Å². The van der Waals surface area contributed by atoms with Crippen LogP contribution < -0.4 is 5.73 Å².